The molecule has 0 aliphatic carbocycles. The van der Waals surface area contributed by atoms with Crippen molar-refractivity contribution in [2.24, 2.45) is 0 Å². The minimum absolute atomic E-state index is 0.0663. The zero-order valence-corrected chi connectivity index (χ0v) is 9.16. The summed E-state index contributed by atoms with van der Waals surface area (Å²) in [5.41, 5.74) is 2.67. The van der Waals surface area contributed by atoms with E-state index in [4.69, 9.17) is 0 Å². The van der Waals surface area contributed by atoms with Crippen LogP contribution in [0.15, 0.2) is 48.3 Å². The van der Waals surface area contributed by atoms with Crippen LogP contribution in [-0.4, -0.2) is 10.8 Å². The van der Waals surface area contributed by atoms with E-state index in [1.807, 2.05) is 25.1 Å². The van der Waals surface area contributed by atoms with Gasteiger partial charge in [0.05, 0.1) is 0 Å². The average Bonchev–Trinajstić information content (AvgIpc) is 2.18. The van der Waals surface area contributed by atoms with Crippen molar-refractivity contribution in [2.45, 2.75) is 20.3 Å². The van der Waals surface area contributed by atoms with Gasteiger partial charge in [0.15, 0.2) is 5.78 Å². The predicted molar refractivity (Wildman–Crippen MR) is 61.5 cm³/mol. The summed E-state index contributed by atoms with van der Waals surface area (Å²) in [5, 5.41) is 0. The number of ketones is 1. The molecular formula is C13H15NO. The lowest BCUT2D eigenvalue weighted by Gasteiger charge is -2.02. The number of carbonyl (C=O) groups is 1. The average molecular weight is 201 g/mol. The first-order valence-electron chi connectivity index (χ1n) is 4.87. The van der Waals surface area contributed by atoms with E-state index >= 15 is 0 Å². The van der Waals surface area contributed by atoms with Gasteiger partial charge in [-0.05, 0) is 43.5 Å². The van der Waals surface area contributed by atoms with Crippen LogP contribution in [0.25, 0.3) is 0 Å². The summed E-state index contributed by atoms with van der Waals surface area (Å²) in [6, 6.07) is 3.87. The minimum atomic E-state index is 0.0663. The molecule has 0 aliphatic rings. The van der Waals surface area contributed by atoms with Crippen molar-refractivity contribution in [3.8, 4) is 0 Å². The first-order chi connectivity index (χ1) is 7.11. The number of nitrogens with zero attached hydrogens (tertiary/aromatic N) is 1. The predicted octanol–water partition coefficient (Wildman–Crippen LogP) is 2.72. The lowest BCUT2D eigenvalue weighted by molar-refractivity contribution is -0.113. The lowest BCUT2D eigenvalue weighted by atomic mass is 10.0. The first-order valence-corrected chi connectivity index (χ1v) is 4.87. The molecule has 1 heterocycles. The van der Waals surface area contributed by atoms with E-state index in [1.54, 1.807) is 19.3 Å². The molecule has 2 nitrogen and oxygen atoms in total. The molecule has 0 fully saturated rings. The van der Waals surface area contributed by atoms with Crippen LogP contribution in [0.4, 0.5) is 0 Å². The molecule has 0 amide bonds. The third kappa shape index (κ3) is 3.50. The van der Waals surface area contributed by atoms with E-state index in [-0.39, 0.29) is 5.78 Å². The number of carbonyl (C=O) groups excluding carboxylic acids is 1. The maximum Gasteiger partial charge on any atom is 0.159 e. The quantitative estimate of drug-likeness (QED) is 0.553. The summed E-state index contributed by atoms with van der Waals surface area (Å²) in [6.45, 7) is 7.20. The van der Waals surface area contributed by atoms with Crippen LogP contribution >= 0.6 is 0 Å². The normalized spacial score (nSPS) is 11.2. The number of Topliss-reactive ketones (excluding diaryl/α,β-unsaturated/α-hetero) is 1. The van der Waals surface area contributed by atoms with Gasteiger partial charge >= 0.3 is 0 Å². The molecule has 0 aromatic carbocycles. The van der Waals surface area contributed by atoms with Gasteiger partial charge in [0.1, 0.15) is 0 Å². The fraction of sp³-hybridized carbons (Fsp3) is 0.231. The highest BCUT2D eigenvalue weighted by Crippen LogP contribution is 2.10. The summed E-state index contributed by atoms with van der Waals surface area (Å²) in [4.78, 5) is 15.2. The van der Waals surface area contributed by atoms with Gasteiger partial charge in [0, 0.05) is 18.0 Å². The summed E-state index contributed by atoms with van der Waals surface area (Å²) in [6.07, 6.45) is 6.15. The summed E-state index contributed by atoms with van der Waals surface area (Å²) in [5.74, 6) is 0.0663. The summed E-state index contributed by atoms with van der Waals surface area (Å²) < 4.78 is 0. The van der Waals surface area contributed by atoms with Crippen LogP contribution < -0.4 is 0 Å². The Labute approximate surface area is 90.4 Å². The van der Waals surface area contributed by atoms with Crippen LogP contribution in [0, 0.1) is 0 Å². The molecule has 0 N–H and O–H groups in total. The summed E-state index contributed by atoms with van der Waals surface area (Å²) >= 11 is 0. The van der Waals surface area contributed by atoms with Gasteiger partial charge in [-0.15, -0.1) is 0 Å². The minimum Gasteiger partial charge on any atom is -0.295 e. The van der Waals surface area contributed by atoms with Crippen LogP contribution in [0.3, 0.4) is 0 Å². The zero-order chi connectivity index (χ0) is 11.3. The zero-order valence-electron chi connectivity index (χ0n) is 9.16. The molecule has 2 heteroatoms. The standard InChI is InChI=1S/C13H15NO/c1-10(2)13(11(3)15)5-4-12-6-8-14-9-7-12/h5-9H,1,4H2,2-3H3/b13-5-. The van der Waals surface area contributed by atoms with Crippen molar-refractivity contribution in [1.82, 2.24) is 4.98 Å². The molecule has 1 rings (SSSR count). The molecule has 0 aliphatic heterocycles. The van der Waals surface area contributed by atoms with Crippen molar-refractivity contribution in [2.75, 3.05) is 0 Å². The number of pyridine rings is 1. The van der Waals surface area contributed by atoms with Crippen molar-refractivity contribution in [3.05, 3.63) is 53.9 Å². The Morgan fingerprint density at radius 2 is 2.00 bits per heavy atom. The maximum atomic E-state index is 11.3. The fourth-order valence-corrected chi connectivity index (χ4v) is 1.36. The Hall–Kier alpha value is -1.70. The molecule has 0 saturated carbocycles. The van der Waals surface area contributed by atoms with E-state index in [2.05, 4.69) is 11.6 Å². The van der Waals surface area contributed by atoms with Gasteiger partial charge < -0.3 is 0 Å². The number of hydrogen-bond acceptors (Lipinski definition) is 2. The van der Waals surface area contributed by atoms with Crippen LogP contribution in [0.5, 0.6) is 0 Å². The van der Waals surface area contributed by atoms with E-state index in [9.17, 15) is 4.79 Å². The highest BCUT2D eigenvalue weighted by atomic mass is 16.1. The second-order valence-electron chi connectivity index (χ2n) is 3.51. The second kappa shape index (κ2) is 5.25. The van der Waals surface area contributed by atoms with Gasteiger partial charge in [-0.25, -0.2) is 0 Å². The van der Waals surface area contributed by atoms with Crippen LogP contribution in [0.2, 0.25) is 0 Å². The van der Waals surface area contributed by atoms with E-state index < -0.39 is 0 Å². The molecule has 0 saturated heterocycles. The Balaban J connectivity index is 2.79. The molecule has 0 spiro atoms. The smallest absolute Gasteiger partial charge is 0.159 e. The van der Waals surface area contributed by atoms with Crippen molar-refractivity contribution in [3.63, 3.8) is 0 Å². The molecular weight excluding hydrogens is 186 g/mol. The number of aromatic nitrogens is 1. The highest BCUT2D eigenvalue weighted by molar-refractivity contribution is 5.97. The topological polar surface area (TPSA) is 30.0 Å². The Morgan fingerprint density at radius 3 is 2.47 bits per heavy atom. The molecule has 0 radical (unpaired) electrons. The van der Waals surface area contributed by atoms with Gasteiger partial charge in [0.2, 0.25) is 0 Å². The first kappa shape index (κ1) is 11.4. The van der Waals surface area contributed by atoms with Crippen LogP contribution in [-0.2, 0) is 11.2 Å². The lowest BCUT2D eigenvalue weighted by Crippen LogP contribution is -1.98. The monoisotopic (exact) mass is 201 g/mol. The third-order valence-electron chi connectivity index (χ3n) is 2.13. The Bertz CT molecular complexity index is 374. The molecule has 0 bridgehead atoms. The highest BCUT2D eigenvalue weighted by Gasteiger charge is 2.03. The van der Waals surface area contributed by atoms with E-state index in [0.717, 1.165) is 17.6 Å². The number of hydrogen-bond donors (Lipinski definition) is 0. The Morgan fingerprint density at radius 1 is 1.40 bits per heavy atom. The number of rotatable bonds is 4. The van der Waals surface area contributed by atoms with Crippen molar-refractivity contribution in [1.29, 1.82) is 0 Å². The number of allylic oxidation sites excluding steroid dienone is 3. The SMILES string of the molecule is C=C(C)/C(=C/Cc1ccncc1)C(C)=O. The fourth-order valence-electron chi connectivity index (χ4n) is 1.36. The van der Waals surface area contributed by atoms with Gasteiger partial charge in [-0.3, -0.25) is 9.78 Å². The van der Waals surface area contributed by atoms with E-state index in [0.29, 0.717) is 5.57 Å². The third-order valence-corrected chi connectivity index (χ3v) is 2.13. The molecule has 15 heavy (non-hydrogen) atoms. The van der Waals surface area contributed by atoms with Crippen molar-refractivity contribution < 1.29 is 4.79 Å². The van der Waals surface area contributed by atoms with Gasteiger partial charge in [-0.2, -0.15) is 0 Å². The van der Waals surface area contributed by atoms with E-state index in [1.165, 1.54) is 0 Å². The van der Waals surface area contributed by atoms with Crippen molar-refractivity contribution >= 4 is 5.78 Å². The molecule has 1 aromatic rings. The van der Waals surface area contributed by atoms with Gasteiger partial charge in [0.25, 0.3) is 0 Å². The molecule has 0 unspecified atom stereocenters. The molecule has 78 valence electrons. The summed E-state index contributed by atoms with van der Waals surface area (Å²) in [7, 11) is 0. The second-order valence-corrected chi connectivity index (χ2v) is 3.51. The maximum absolute atomic E-state index is 11.3. The Kier molecular flexibility index (Phi) is 3.98. The van der Waals surface area contributed by atoms with Crippen LogP contribution in [0.1, 0.15) is 19.4 Å². The largest absolute Gasteiger partial charge is 0.295 e. The molecule has 0 atom stereocenters. The molecule has 1 aromatic heterocycles. The van der Waals surface area contributed by atoms with Gasteiger partial charge in [-0.1, -0.05) is 12.7 Å².